The maximum absolute atomic E-state index is 10.4. The third-order valence-corrected chi connectivity index (χ3v) is 2.66. The van der Waals surface area contributed by atoms with E-state index in [1.54, 1.807) is 18.2 Å². The average molecular weight is 268 g/mol. The highest BCUT2D eigenvalue weighted by molar-refractivity contribution is 9.09. The second-order valence-corrected chi connectivity index (χ2v) is 4.03. The molecule has 1 rings (SSSR count). The van der Waals surface area contributed by atoms with Crippen LogP contribution in [0.2, 0.25) is 10.0 Å². The summed E-state index contributed by atoms with van der Waals surface area (Å²) in [6, 6.07) is 5.01. The molecule has 1 atom stereocenters. The molecule has 1 aromatic carbocycles. The lowest BCUT2D eigenvalue weighted by Gasteiger charge is -2.04. The third-order valence-electron chi connectivity index (χ3n) is 1.37. The van der Waals surface area contributed by atoms with E-state index in [9.17, 15) is 4.79 Å². The summed E-state index contributed by atoms with van der Waals surface area (Å²) in [6.45, 7) is 0. The van der Waals surface area contributed by atoms with Crippen LogP contribution in [-0.4, -0.2) is 6.29 Å². The van der Waals surface area contributed by atoms with Crippen molar-refractivity contribution in [3.05, 3.63) is 33.8 Å². The minimum atomic E-state index is -0.385. The first-order valence-corrected chi connectivity index (χ1v) is 4.86. The molecule has 0 aliphatic rings. The van der Waals surface area contributed by atoms with E-state index in [4.69, 9.17) is 23.2 Å². The van der Waals surface area contributed by atoms with Crippen LogP contribution in [-0.2, 0) is 4.79 Å². The monoisotopic (exact) mass is 266 g/mol. The largest absolute Gasteiger partial charge is 0.302 e. The lowest BCUT2D eigenvalue weighted by atomic mass is 10.2. The highest BCUT2D eigenvalue weighted by Gasteiger charge is 2.09. The van der Waals surface area contributed by atoms with E-state index in [-0.39, 0.29) is 4.83 Å². The van der Waals surface area contributed by atoms with Crippen molar-refractivity contribution >= 4 is 45.4 Å². The molecular formula is C8H5BrCl2O. The van der Waals surface area contributed by atoms with Crippen molar-refractivity contribution in [1.82, 2.24) is 0 Å². The molecule has 1 aromatic rings. The van der Waals surface area contributed by atoms with Crippen molar-refractivity contribution in [3.8, 4) is 0 Å². The van der Waals surface area contributed by atoms with Gasteiger partial charge >= 0.3 is 0 Å². The van der Waals surface area contributed by atoms with Gasteiger partial charge in [0.1, 0.15) is 6.29 Å². The first-order valence-electron chi connectivity index (χ1n) is 3.19. The molecule has 4 heteroatoms. The Morgan fingerprint density at radius 2 is 2.08 bits per heavy atom. The minimum Gasteiger partial charge on any atom is -0.302 e. The molecule has 0 bridgehead atoms. The van der Waals surface area contributed by atoms with Crippen molar-refractivity contribution in [2.24, 2.45) is 0 Å². The maximum atomic E-state index is 10.4. The summed E-state index contributed by atoms with van der Waals surface area (Å²) in [5.41, 5.74) is 0.694. The summed E-state index contributed by atoms with van der Waals surface area (Å²) in [5, 5.41) is 1.11. The van der Waals surface area contributed by atoms with Crippen molar-refractivity contribution < 1.29 is 4.79 Å². The highest BCUT2D eigenvalue weighted by atomic mass is 79.9. The van der Waals surface area contributed by atoms with Gasteiger partial charge in [-0.2, -0.15) is 0 Å². The molecular weight excluding hydrogens is 263 g/mol. The zero-order valence-electron chi connectivity index (χ0n) is 5.93. The van der Waals surface area contributed by atoms with Crippen molar-refractivity contribution in [1.29, 1.82) is 0 Å². The van der Waals surface area contributed by atoms with E-state index in [0.717, 1.165) is 6.29 Å². The van der Waals surface area contributed by atoms with Gasteiger partial charge in [-0.25, -0.2) is 0 Å². The Morgan fingerprint density at radius 3 is 2.67 bits per heavy atom. The minimum absolute atomic E-state index is 0.385. The zero-order valence-corrected chi connectivity index (χ0v) is 9.03. The van der Waals surface area contributed by atoms with Gasteiger partial charge in [0.2, 0.25) is 0 Å². The fourth-order valence-corrected chi connectivity index (χ4v) is 1.73. The Morgan fingerprint density at radius 1 is 1.42 bits per heavy atom. The van der Waals surface area contributed by atoms with Gasteiger partial charge in [0.25, 0.3) is 0 Å². The number of alkyl halides is 1. The summed E-state index contributed by atoms with van der Waals surface area (Å²) in [6.07, 6.45) is 0.761. The number of hydrogen-bond acceptors (Lipinski definition) is 1. The van der Waals surface area contributed by atoms with Crippen molar-refractivity contribution in [2.75, 3.05) is 0 Å². The zero-order chi connectivity index (χ0) is 9.14. The summed E-state index contributed by atoms with van der Waals surface area (Å²) in [7, 11) is 0. The molecule has 1 unspecified atom stereocenters. The van der Waals surface area contributed by atoms with Gasteiger partial charge in [-0.1, -0.05) is 39.1 Å². The Hall–Kier alpha value is -0.0500. The molecule has 0 amide bonds. The van der Waals surface area contributed by atoms with E-state index in [1.807, 2.05) is 0 Å². The second kappa shape index (κ2) is 4.26. The summed E-state index contributed by atoms with van der Waals surface area (Å²) in [4.78, 5) is 10.0. The van der Waals surface area contributed by atoms with Crippen LogP contribution >= 0.6 is 39.1 Å². The van der Waals surface area contributed by atoms with Gasteiger partial charge in [0.05, 0.1) is 4.83 Å². The molecule has 0 aromatic heterocycles. The molecule has 0 N–H and O–H groups in total. The quantitative estimate of drug-likeness (QED) is 0.591. The number of rotatable bonds is 2. The molecule has 64 valence electrons. The fraction of sp³-hybridized carbons (Fsp3) is 0.125. The summed E-state index contributed by atoms with van der Waals surface area (Å²) < 4.78 is 0. The molecule has 12 heavy (non-hydrogen) atoms. The number of benzene rings is 1. The predicted octanol–water partition coefficient (Wildman–Crippen LogP) is 3.63. The molecule has 0 radical (unpaired) electrons. The molecule has 1 nitrogen and oxygen atoms in total. The van der Waals surface area contributed by atoms with Gasteiger partial charge in [-0.3, -0.25) is 0 Å². The molecule has 0 fully saturated rings. The first kappa shape index (κ1) is 10.0. The van der Waals surface area contributed by atoms with Crippen LogP contribution < -0.4 is 0 Å². The lowest BCUT2D eigenvalue weighted by molar-refractivity contribution is -0.107. The van der Waals surface area contributed by atoms with Crippen LogP contribution in [0.1, 0.15) is 10.4 Å². The summed E-state index contributed by atoms with van der Waals surface area (Å²) in [5.74, 6) is 0. The molecule has 0 spiro atoms. The molecule has 0 heterocycles. The van der Waals surface area contributed by atoms with Crippen molar-refractivity contribution in [2.45, 2.75) is 4.83 Å². The van der Waals surface area contributed by atoms with E-state index >= 15 is 0 Å². The van der Waals surface area contributed by atoms with Crippen LogP contribution in [0.15, 0.2) is 18.2 Å². The van der Waals surface area contributed by atoms with Gasteiger partial charge in [0, 0.05) is 10.0 Å². The summed E-state index contributed by atoms with van der Waals surface area (Å²) >= 11 is 14.7. The predicted molar refractivity (Wildman–Crippen MR) is 54.2 cm³/mol. The topological polar surface area (TPSA) is 17.1 Å². The van der Waals surface area contributed by atoms with Gasteiger partial charge < -0.3 is 4.79 Å². The normalized spacial score (nSPS) is 12.6. The molecule has 0 aliphatic heterocycles. The fourth-order valence-electron chi connectivity index (χ4n) is 0.799. The Balaban J connectivity index is 3.12. The molecule has 0 saturated carbocycles. The second-order valence-electron chi connectivity index (χ2n) is 2.20. The highest BCUT2D eigenvalue weighted by Crippen LogP contribution is 2.29. The van der Waals surface area contributed by atoms with Crippen molar-refractivity contribution in [3.63, 3.8) is 0 Å². The number of hydrogen-bond donors (Lipinski definition) is 0. The Labute approximate surface area is 88.8 Å². The van der Waals surface area contributed by atoms with Gasteiger partial charge in [-0.15, -0.1) is 0 Å². The smallest absolute Gasteiger partial charge is 0.138 e. The Kier molecular flexibility index (Phi) is 3.56. The average Bonchev–Trinajstić information content (AvgIpc) is 2.08. The number of aldehydes is 1. The SMILES string of the molecule is O=CC(Br)c1cc(Cl)ccc1Cl. The van der Waals surface area contributed by atoms with E-state index in [0.29, 0.717) is 15.6 Å². The van der Waals surface area contributed by atoms with Crippen LogP contribution in [0.5, 0.6) is 0 Å². The third kappa shape index (κ3) is 2.22. The first-order chi connectivity index (χ1) is 5.65. The number of halogens is 3. The van der Waals surface area contributed by atoms with E-state index < -0.39 is 0 Å². The van der Waals surface area contributed by atoms with E-state index in [2.05, 4.69) is 15.9 Å². The van der Waals surface area contributed by atoms with Crippen LogP contribution in [0.3, 0.4) is 0 Å². The molecule has 0 aliphatic carbocycles. The molecule has 0 saturated heterocycles. The van der Waals surface area contributed by atoms with Gasteiger partial charge in [-0.05, 0) is 23.8 Å². The Bertz CT molecular complexity index is 301. The lowest BCUT2D eigenvalue weighted by Crippen LogP contribution is -1.91. The van der Waals surface area contributed by atoms with Crippen LogP contribution in [0.4, 0.5) is 0 Å². The van der Waals surface area contributed by atoms with Crippen LogP contribution in [0.25, 0.3) is 0 Å². The maximum Gasteiger partial charge on any atom is 0.138 e. The van der Waals surface area contributed by atoms with E-state index in [1.165, 1.54) is 0 Å². The number of carbonyl (C=O) groups excluding carboxylic acids is 1. The van der Waals surface area contributed by atoms with Gasteiger partial charge in [0.15, 0.2) is 0 Å². The number of carbonyl (C=O) groups is 1. The standard InChI is InChI=1S/C8H5BrCl2O/c9-7(4-12)6-3-5(10)1-2-8(6)11/h1-4,7H. The van der Waals surface area contributed by atoms with Crippen LogP contribution in [0, 0.1) is 0 Å².